The number of benzene rings is 2. The zero-order valence-corrected chi connectivity index (χ0v) is 19.8. The maximum atomic E-state index is 13.9. The van der Waals surface area contributed by atoms with Crippen molar-refractivity contribution < 1.29 is 32.8 Å². The maximum Gasteiger partial charge on any atom is 0.264 e. The van der Waals surface area contributed by atoms with E-state index in [1.807, 2.05) is 4.90 Å². The Kier molecular flexibility index (Phi) is 6.45. The molecule has 3 aliphatic rings. The topological polar surface area (TPSA) is 116 Å². The molecule has 37 heavy (non-hydrogen) atoms. The molecule has 0 saturated carbocycles. The van der Waals surface area contributed by atoms with Gasteiger partial charge in [0.25, 0.3) is 17.7 Å². The van der Waals surface area contributed by atoms with Crippen LogP contribution in [0.4, 0.5) is 14.5 Å². The van der Waals surface area contributed by atoms with Crippen LogP contribution in [0.25, 0.3) is 0 Å². The second-order valence-electron chi connectivity index (χ2n) is 9.41. The lowest BCUT2D eigenvalue weighted by Crippen LogP contribution is -2.54. The summed E-state index contributed by atoms with van der Waals surface area (Å²) >= 11 is 0. The van der Waals surface area contributed by atoms with E-state index in [0.717, 1.165) is 17.0 Å². The zero-order chi connectivity index (χ0) is 26.3. The molecule has 5 amide bonds. The molecule has 1 unspecified atom stereocenters. The molecular formula is C26H24F2N4O5. The lowest BCUT2D eigenvalue weighted by molar-refractivity contribution is -0.136. The van der Waals surface area contributed by atoms with E-state index in [4.69, 9.17) is 0 Å². The van der Waals surface area contributed by atoms with Crippen molar-refractivity contribution in [3.8, 4) is 0 Å². The van der Waals surface area contributed by atoms with E-state index >= 15 is 0 Å². The quantitative estimate of drug-likeness (QED) is 0.595. The molecule has 2 aromatic rings. The van der Waals surface area contributed by atoms with Crippen molar-refractivity contribution in [3.63, 3.8) is 0 Å². The lowest BCUT2D eigenvalue weighted by atomic mass is 9.95. The van der Waals surface area contributed by atoms with Crippen molar-refractivity contribution >= 4 is 35.2 Å². The van der Waals surface area contributed by atoms with Crippen LogP contribution in [-0.4, -0.2) is 60.1 Å². The Morgan fingerprint density at radius 2 is 1.76 bits per heavy atom. The van der Waals surface area contributed by atoms with Gasteiger partial charge in [-0.15, -0.1) is 0 Å². The van der Waals surface area contributed by atoms with E-state index in [1.165, 1.54) is 0 Å². The summed E-state index contributed by atoms with van der Waals surface area (Å²) in [5.74, 6) is -4.37. The summed E-state index contributed by atoms with van der Waals surface area (Å²) in [5.41, 5.74) is 0.850. The molecule has 5 rings (SSSR count). The first-order valence-corrected chi connectivity index (χ1v) is 12.1. The first-order valence-electron chi connectivity index (χ1n) is 12.1. The fraction of sp³-hybridized carbons (Fsp3) is 0.346. The molecule has 11 heteroatoms. The van der Waals surface area contributed by atoms with Gasteiger partial charge in [0, 0.05) is 32.1 Å². The van der Waals surface area contributed by atoms with Crippen molar-refractivity contribution in [2.24, 2.45) is 5.92 Å². The molecule has 2 saturated heterocycles. The summed E-state index contributed by atoms with van der Waals surface area (Å²) in [6.45, 7) is 1.43. The molecule has 1 atom stereocenters. The molecule has 0 spiro atoms. The Labute approximate surface area is 210 Å². The number of imide groups is 2. The van der Waals surface area contributed by atoms with E-state index in [1.54, 1.807) is 18.2 Å². The van der Waals surface area contributed by atoms with Crippen LogP contribution in [-0.2, 0) is 9.59 Å². The number of amides is 5. The summed E-state index contributed by atoms with van der Waals surface area (Å²) in [4.78, 5) is 65.5. The fourth-order valence-electron chi connectivity index (χ4n) is 5.14. The summed E-state index contributed by atoms with van der Waals surface area (Å²) in [6.07, 6.45) is 1.49. The van der Waals surface area contributed by atoms with Crippen molar-refractivity contribution in [2.75, 3.05) is 24.5 Å². The Morgan fingerprint density at radius 3 is 2.46 bits per heavy atom. The first kappa shape index (κ1) is 24.5. The highest BCUT2D eigenvalue weighted by molar-refractivity contribution is 6.25. The van der Waals surface area contributed by atoms with Crippen LogP contribution in [0.1, 0.15) is 56.8 Å². The molecule has 9 nitrogen and oxygen atoms in total. The minimum atomic E-state index is -1.03. The molecule has 2 aromatic carbocycles. The average molecular weight is 510 g/mol. The number of hydrogen-bond acceptors (Lipinski definition) is 6. The van der Waals surface area contributed by atoms with Gasteiger partial charge in [-0.3, -0.25) is 34.2 Å². The number of rotatable bonds is 5. The van der Waals surface area contributed by atoms with E-state index < -0.39 is 47.2 Å². The predicted octanol–water partition coefficient (Wildman–Crippen LogP) is 2.01. The molecule has 0 radical (unpaired) electrons. The number of piperidine rings is 2. The summed E-state index contributed by atoms with van der Waals surface area (Å²) < 4.78 is 27.0. The molecule has 3 aliphatic heterocycles. The molecule has 0 bridgehead atoms. The summed E-state index contributed by atoms with van der Waals surface area (Å²) in [6, 6.07) is 6.78. The second kappa shape index (κ2) is 9.72. The third kappa shape index (κ3) is 4.56. The van der Waals surface area contributed by atoms with Crippen LogP contribution in [0.15, 0.2) is 36.4 Å². The van der Waals surface area contributed by atoms with E-state index in [0.29, 0.717) is 44.2 Å². The van der Waals surface area contributed by atoms with Crippen LogP contribution in [0.2, 0.25) is 0 Å². The Morgan fingerprint density at radius 1 is 1.00 bits per heavy atom. The van der Waals surface area contributed by atoms with E-state index in [2.05, 4.69) is 10.6 Å². The summed E-state index contributed by atoms with van der Waals surface area (Å²) in [5, 5.41) is 4.89. The molecule has 2 N–H and O–H groups in total. The smallest absolute Gasteiger partial charge is 0.264 e. The number of hydrogen-bond donors (Lipinski definition) is 2. The molecule has 0 aliphatic carbocycles. The lowest BCUT2D eigenvalue weighted by Gasteiger charge is -2.34. The van der Waals surface area contributed by atoms with Crippen molar-refractivity contribution in [1.82, 2.24) is 15.5 Å². The van der Waals surface area contributed by atoms with Gasteiger partial charge in [0.2, 0.25) is 11.8 Å². The Bertz CT molecular complexity index is 1320. The standard InChI is InChI=1S/C26H24F2N4O5/c27-15-4-5-16(18(28)12-15)23(34)29-13-14-8-10-31(11-9-14)19-3-1-2-17-22(19)26(37)32(25(17)36)20-6-7-21(33)30-24(20)35/h1-5,12,14,20H,6-11,13H2,(H,29,34)(H,30,33,35). The molecule has 2 fully saturated rings. The minimum Gasteiger partial charge on any atom is -0.371 e. The van der Waals surface area contributed by atoms with Gasteiger partial charge in [0.05, 0.1) is 22.4 Å². The van der Waals surface area contributed by atoms with E-state index in [-0.39, 0.29) is 35.4 Å². The third-order valence-corrected chi connectivity index (χ3v) is 7.13. The van der Waals surface area contributed by atoms with Crippen LogP contribution >= 0.6 is 0 Å². The number of nitrogens with zero attached hydrogens (tertiary/aromatic N) is 2. The van der Waals surface area contributed by atoms with Gasteiger partial charge in [-0.05, 0) is 49.4 Å². The predicted molar refractivity (Wildman–Crippen MR) is 127 cm³/mol. The highest BCUT2D eigenvalue weighted by atomic mass is 19.1. The normalized spacial score (nSPS) is 20.2. The number of anilines is 1. The Balaban J connectivity index is 1.24. The number of carbonyl (C=O) groups excluding carboxylic acids is 5. The fourth-order valence-corrected chi connectivity index (χ4v) is 5.14. The van der Waals surface area contributed by atoms with Gasteiger partial charge >= 0.3 is 0 Å². The van der Waals surface area contributed by atoms with Gasteiger partial charge < -0.3 is 10.2 Å². The number of carbonyl (C=O) groups is 5. The van der Waals surface area contributed by atoms with Gasteiger partial charge in [0.1, 0.15) is 17.7 Å². The average Bonchev–Trinajstić information content (AvgIpc) is 3.13. The zero-order valence-electron chi connectivity index (χ0n) is 19.8. The van der Waals surface area contributed by atoms with Crippen LogP contribution < -0.4 is 15.5 Å². The number of fused-ring (bicyclic) bond motifs is 1. The monoisotopic (exact) mass is 510 g/mol. The highest BCUT2D eigenvalue weighted by Crippen LogP contribution is 2.35. The molecule has 192 valence electrons. The van der Waals surface area contributed by atoms with Gasteiger partial charge in [-0.1, -0.05) is 6.07 Å². The largest absolute Gasteiger partial charge is 0.371 e. The number of nitrogens with one attached hydrogen (secondary N) is 2. The van der Waals surface area contributed by atoms with Gasteiger partial charge in [-0.25, -0.2) is 8.78 Å². The van der Waals surface area contributed by atoms with Crippen molar-refractivity contribution in [3.05, 3.63) is 64.7 Å². The van der Waals surface area contributed by atoms with Crippen molar-refractivity contribution in [1.29, 1.82) is 0 Å². The maximum absolute atomic E-state index is 13.9. The highest BCUT2D eigenvalue weighted by Gasteiger charge is 2.46. The SMILES string of the molecule is O=C1CCC(N2C(=O)c3cccc(N4CCC(CNC(=O)c5ccc(F)cc5F)CC4)c3C2=O)C(=O)N1. The third-order valence-electron chi connectivity index (χ3n) is 7.13. The summed E-state index contributed by atoms with van der Waals surface area (Å²) in [7, 11) is 0. The van der Waals surface area contributed by atoms with Crippen LogP contribution in [0.3, 0.4) is 0 Å². The van der Waals surface area contributed by atoms with Gasteiger partial charge in [0.15, 0.2) is 0 Å². The molecule has 3 heterocycles. The van der Waals surface area contributed by atoms with Crippen LogP contribution in [0, 0.1) is 17.6 Å². The van der Waals surface area contributed by atoms with Crippen molar-refractivity contribution in [2.45, 2.75) is 31.7 Å². The minimum absolute atomic E-state index is 0.0501. The van der Waals surface area contributed by atoms with Crippen LogP contribution in [0.5, 0.6) is 0 Å². The van der Waals surface area contributed by atoms with E-state index in [9.17, 15) is 32.8 Å². The molecular weight excluding hydrogens is 486 g/mol. The van der Waals surface area contributed by atoms with Gasteiger partial charge in [-0.2, -0.15) is 0 Å². The number of halogens is 2. The molecule has 0 aromatic heterocycles. The second-order valence-corrected chi connectivity index (χ2v) is 9.41. The first-order chi connectivity index (χ1) is 17.7. The Hall–Kier alpha value is -4.15.